The quantitative estimate of drug-likeness (QED) is 0.796. The molecular formula is C17H15F3N2O. The predicted octanol–water partition coefficient (Wildman–Crippen LogP) is 4.30. The highest BCUT2D eigenvalue weighted by Gasteiger charge is 2.22. The van der Waals surface area contributed by atoms with Gasteiger partial charge in [0.05, 0.1) is 11.7 Å². The lowest BCUT2D eigenvalue weighted by atomic mass is 9.88. The molecule has 2 aromatic rings. The van der Waals surface area contributed by atoms with Crippen molar-refractivity contribution in [3.8, 4) is 0 Å². The van der Waals surface area contributed by atoms with E-state index in [4.69, 9.17) is 0 Å². The summed E-state index contributed by atoms with van der Waals surface area (Å²) in [7, 11) is 0. The zero-order valence-electron chi connectivity index (χ0n) is 12.2. The molecule has 0 spiro atoms. The van der Waals surface area contributed by atoms with Crippen molar-refractivity contribution in [2.24, 2.45) is 0 Å². The van der Waals surface area contributed by atoms with Gasteiger partial charge >= 0.3 is 6.03 Å². The minimum atomic E-state index is -1.30. The number of aryl methyl sites for hydroxylation is 1. The van der Waals surface area contributed by atoms with Crippen LogP contribution in [0.3, 0.4) is 0 Å². The number of fused-ring (bicyclic) bond motifs is 1. The van der Waals surface area contributed by atoms with Crippen LogP contribution in [0.2, 0.25) is 0 Å². The Balaban J connectivity index is 1.73. The number of anilines is 1. The lowest BCUT2D eigenvalue weighted by molar-refractivity contribution is 0.247. The molecule has 1 aliphatic rings. The molecule has 3 nitrogen and oxygen atoms in total. The van der Waals surface area contributed by atoms with Crippen LogP contribution in [0.4, 0.5) is 23.7 Å². The number of amides is 2. The highest BCUT2D eigenvalue weighted by Crippen LogP contribution is 2.29. The van der Waals surface area contributed by atoms with Gasteiger partial charge in [-0.1, -0.05) is 24.3 Å². The van der Waals surface area contributed by atoms with Gasteiger partial charge in [-0.3, -0.25) is 0 Å². The van der Waals surface area contributed by atoms with E-state index in [-0.39, 0.29) is 6.04 Å². The summed E-state index contributed by atoms with van der Waals surface area (Å²) in [5, 5.41) is 4.98. The number of rotatable bonds is 2. The van der Waals surface area contributed by atoms with Gasteiger partial charge in [-0.15, -0.1) is 0 Å². The molecule has 2 N–H and O–H groups in total. The van der Waals surface area contributed by atoms with Crippen LogP contribution in [-0.4, -0.2) is 6.03 Å². The number of carbonyl (C=O) groups is 1. The van der Waals surface area contributed by atoms with Crippen molar-refractivity contribution in [2.75, 3.05) is 5.32 Å². The van der Waals surface area contributed by atoms with Crippen molar-refractivity contribution >= 4 is 11.7 Å². The fourth-order valence-electron chi connectivity index (χ4n) is 2.84. The van der Waals surface area contributed by atoms with Crippen molar-refractivity contribution in [3.63, 3.8) is 0 Å². The Kier molecular flexibility index (Phi) is 4.23. The minimum Gasteiger partial charge on any atom is -0.331 e. The summed E-state index contributed by atoms with van der Waals surface area (Å²) in [5.41, 5.74) is 1.80. The molecular weight excluding hydrogens is 305 g/mol. The van der Waals surface area contributed by atoms with E-state index in [9.17, 15) is 18.0 Å². The second kappa shape index (κ2) is 6.32. The molecule has 1 unspecified atom stereocenters. The molecule has 6 heteroatoms. The summed E-state index contributed by atoms with van der Waals surface area (Å²) < 4.78 is 39.6. The molecule has 0 bridgehead atoms. The summed E-state index contributed by atoms with van der Waals surface area (Å²) >= 11 is 0. The SMILES string of the molecule is O=C(Nc1cc(F)c(F)cc1F)NC1CCCc2ccccc21. The molecule has 3 rings (SSSR count). The third-order valence-corrected chi connectivity index (χ3v) is 3.93. The van der Waals surface area contributed by atoms with E-state index in [0.29, 0.717) is 12.1 Å². The third-order valence-electron chi connectivity index (χ3n) is 3.93. The summed E-state index contributed by atoms with van der Waals surface area (Å²) in [6, 6.07) is 7.97. The molecule has 1 aliphatic carbocycles. The Labute approximate surface area is 131 Å². The van der Waals surface area contributed by atoms with Crippen LogP contribution in [0, 0.1) is 17.5 Å². The van der Waals surface area contributed by atoms with Gasteiger partial charge in [0.1, 0.15) is 5.82 Å². The summed E-state index contributed by atoms with van der Waals surface area (Å²) in [5.74, 6) is -3.54. The van der Waals surface area contributed by atoms with E-state index in [2.05, 4.69) is 10.6 Å². The summed E-state index contributed by atoms with van der Waals surface area (Å²) in [6.45, 7) is 0. The molecule has 1 atom stereocenters. The van der Waals surface area contributed by atoms with E-state index in [1.807, 2.05) is 24.3 Å². The van der Waals surface area contributed by atoms with Crippen LogP contribution in [0.1, 0.15) is 30.0 Å². The molecule has 0 saturated heterocycles. The average Bonchev–Trinajstić information content (AvgIpc) is 2.53. The lowest BCUT2D eigenvalue weighted by Gasteiger charge is -2.26. The van der Waals surface area contributed by atoms with Crippen LogP contribution >= 0.6 is 0 Å². The van der Waals surface area contributed by atoms with Gasteiger partial charge in [0.15, 0.2) is 11.6 Å². The van der Waals surface area contributed by atoms with Crippen LogP contribution < -0.4 is 10.6 Å². The topological polar surface area (TPSA) is 41.1 Å². The van der Waals surface area contributed by atoms with Gasteiger partial charge < -0.3 is 10.6 Å². The monoisotopic (exact) mass is 320 g/mol. The lowest BCUT2D eigenvalue weighted by Crippen LogP contribution is -2.34. The van der Waals surface area contributed by atoms with Gasteiger partial charge in [-0.25, -0.2) is 18.0 Å². The number of hydrogen-bond acceptors (Lipinski definition) is 1. The van der Waals surface area contributed by atoms with Crippen molar-refractivity contribution in [2.45, 2.75) is 25.3 Å². The van der Waals surface area contributed by atoms with E-state index in [1.165, 1.54) is 5.56 Å². The molecule has 0 fully saturated rings. The van der Waals surface area contributed by atoms with Crippen LogP contribution in [0.15, 0.2) is 36.4 Å². The Morgan fingerprint density at radius 2 is 1.78 bits per heavy atom. The molecule has 23 heavy (non-hydrogen) atoms. The van der Waals surface area contributed by atoms with Gasteiger partial charge in [-0.05, 0) is 30.4 Å². The molecule has 2 aromatic carbocycles. The van der Waals surface area contributed by atoms with Crippen molar-refractivity contribution < 1.29 is 18.0 Å². The van der Waals surface area contributed by atoms with Gasteiger partial charge in [0.25, 0.3) is 0 Å². The minimum absolute atomic E-state index is 0.187. The Bertz CT molecular complexity index is 749. The fraction of sp³-hybridized carbons (Fsp3) is 0.235. The van der Waals surface area contributed by atoms with E-state index < -0.39 is 29.2 Å². The van der Waals surface area contributed by atoms with Crippen LogP contribution in [0.25, 0.3) is 0 Å². The summed E-state index contributed by atoms with van der Waals surface area (Å²) in [6.07, 6.45) is 2.65. The maximum Gasteiger partial charge on any atom is 0.319 e. The third kappa shape index (κ3) is 3.31. The van der Waals surface area contributed by atoms with Gasteiger partial charge in [-0.2, -0.15) is 0 Å². The normalized spacial score (nSPS) is 16.6. The smallest absolute Gasteiger partial charge is 0.319 e. The van der Waals surface area contributed by atoms with Crippen molar-refractivity contribution in [3.05, 3.63) is 65.0 Å². The number of urea groups is 1. The van der Waals surface area contributed by atoms with E-state index in [1.54, 1.807) is 0 Å². The van der Waals surface area contributed by atoms with Crippen molar-refractivity contribution in [1.82, 2.24) is 5.32 Å². The van der Waals surface area contributed by atoms with Gasteiger partial charge in [0, 0.05) is 12.1 Å². The number of halogens is 3. The predicted molar refractivity (Wildman–Crippen MR) is 80.6 cm³/mol. The molecule has 0 saturated carbocycles. The molecule has 2 amide bonds. The Morgan fingerprint density at radius 1 is 1.04 bits per heavy atom. The summed E-state index contributed by atoms with van der Waals surface area (Å²) in [4.78, 5) is 12.0. The first-order chi connectivity index (χ1) is 11.0. The second-order valence-electron chi connectivity index (χ2n) is 5.49. The number of nitrogens with one attached hydrogen (secondary N) is 2. The fourth-order valence-corrected chi connectivity index (χ4v) is 2.84. The molecule has 0 heterocycles. The van der Waals surface area contributed by atoms with E-state index >= 15 is 0 Å². The van der Waals surface area contributed by atoms with E-state index in [0.717, 1.165) is 24.8 Å². The highest BCUT2D eigenvalue weighted by atomic mass is 19.2. The Morgan fingerprint density at radius 3 is 2.61 bits per heavy atom. The molecule has 120 valence electrons. The van der Waals surface area contributed by atoms with Crippen molar-refractivity contribution in [1.29, 1.82) is 0 Å². The highest BCUT2D eigenvalue weighted by molar-refractivity contribution is 5.89. The first-order valence-electron chi connectivity index (χ1n) is 7.34. The zero-order chi connectivity index (χ0) is 16.4. The van der Waals surface area contributed by atoms with Crippen LogP contribution in [-0.2, 0) is 6.42 Å². The Hall–Kier alpha value is -2.50. The van der Waals surface area contributed by atoms with Crippen LogP contribution in [0.5, 0.6) is 0 Å². The average molecular weight is 320 g/mol. The number of hydrogen-bond donors (Lipinski definition) is 2. The number of benzene rings is 2. The molecule has 0 aliphatic heterocycles. The van der Waals surface area contributed by atoms with Gasteiger partial charge in [0.2, 0.25) is 0 Å². The first kappa shape index (κ1) is 15.4. The first-order valence-corrected chi connectivity index (χ1v) is 7.34. The second-order valence-corrected chi connectivity index (χ2v) is 5.49. The maximum atomic E-state index is 13.6. The molecule has 0 radical (unpaired) electrons. The molecule has 0 aromatic heterocycles. The zero-order valence-corrected chi connectivity index (χ0v) is 12.2. The maximum absolute atomic E-state index is 13.6. The largest absolute Gasteiger partial charge is 0.331 e. The standard InChI is InChI=1S/C17H15F3N2O/c18-12-8-14(20)16(9-13(12)19)22-17(23)21-15-7-3-5-10-4-1-2-6-11(10)15/h1-2,4,6,8-9,15H,3,5,7H2,(H2,21,22,23). The number of carbonyl (C=O) groups excluding carboxylic acids is 1.